The lowest BCUT2D eigenvalue weighted by molar-refractivity contribution is -0.140. The SMILES string of the molecule is CC(C)CNC(=O)C(C)N(Cc1ccc(Br)cc1)C(=O)Cc1cccc(Cl)c1. The summed E-state index contributed by atoms with van der Waals surface area (Å²) in [5.74, 6) is 0.0841. The zero-order valence-corrected chi connectivity index (χ0v) is 18.8. The number of hydrogen-bond acceptors (Lipinski definition) is 2. The summed E-state index contributed by atoms with van der Waals surface area (Å²) in [5, 5.41) is 3.51. The smallest absolute Gasteiger partial charge is 0.242 e. The Morgan fingerprint density at radius 1 is 1.07 bits per heavy atom. The topological polar surface area (TPSA) is 49.4 Å². The number of rotatable bonds is 8. The molecular weight excluding hydrogens is 440 g/mol. The second-order valence-electron chi connectivity index (χ2n) is 7.27. The van der Waals surface area contributed by atoms with Gasteiger partial charge in [0.1, 0.15) is 6.04 Å². The molecule has 2 aromatic rings. The fourth-order valence-electron chi connectivity index (χ4n) is 2.74. The van der Waals surface area contributed by atoms with E-state index in [0.717, 1.165) is 15.6 Å². The maximum Gasteiger partial charge on any atom is 0.242 e. The fourth-order valence-corrected chi connectivity index (χ4v) is 3.22. The van der Waals surface area contributed by atoms with Gasteiger partial charge in [-0.3, -0.25) is 9.59 Å². The molecule has 1 atom stereocenters. The van der Waals surface area contributed by atoms with Crippen LogP contribution in [0.4, 0.5) is 0 Å². The van der Waals surface area contributed by atoms with Crippen LogP contribution in [0.2, 0.25) is 5.02 Å². The van der Waals surface area contributed by atoms with Crippen molar-refractivity contribution in [1.82, 2.24) is 10.2 Å². The van der Waals surface area contributed by atoms with Crippen LogP contribution in [0.3, 0.4) is 0 Å². The predicted molar refractivity (Wildman–Crippen MR) is 117 cm³/mol. The Hall–Kier alpha value is -1.85. The Morgan fingerprint density at radius 2 is 1.75 bits per heavy atom. The van der Waals surface area contributed by atoms with Crippen LogP contribution < -0.4 is 5.32 Å². The summed E-state index contributed by atoms with van der Waals surface area (Å²) in [5.41, 5.74) is 1.79. The highest BCUT2D eigenvalue weighted by Gasteiger charge is 2.26. The molecule has 0 aliphatic rings. The van der Waals surface area contributed by atoms with Crippen LogP contribution in [0, 0.1) is 5.92 Å². The Balaban J connectivity index is 2.19. The highest BCUT2D eigenvalue weighted by Crippen LogP contribution is 2.17. The average Bonchev–Trinajstić information content (AvgIpc) is 2.65. The van der Waals surface area contributed by atoms with E-state index in [9.17, 15) is 9.59 Å². The highest BCUT2D eigenvalue weighted by molar-refractivity contribution is 9.10. The lowest BCUT2D eigenvalue weighted by atomic mass is 10.1. The molecule has 0 saturated carbocycles. The Morgan fingerprint density at radius 3 is 2.36 bits per heavy atom. The van der Waals surface area contributed by atoms with Crippen molar-refractivity contribution >= 4 is 39.3 Å². The number of nitrogens with one attached hydrogen (secondary N) is 1. The van der Waals surface area contributed by atoms with E-state index in [1.54, 1.807) is 24.0 Å². The predicted octanol–water partition coefficient (Wildman–Crippen LogP) is 4.83. The van der Waals surface area contributed by atoms with Gasteiger partial charge in [0.05, 0.1) is 6.42 Å². The summed E-state index contributed by atoms with van der Waals surface area (Å²) in [6.07, 6.45) is 0.193. The van der Waals surface area contributed by atoms with Crippen molar-refractivity contribution in [3.05, 3.63) is 69.2 Å². The zero-order chi connectivity index (χ0) is 20.7. The van der Waals surface area contributed by atoms with Gasteiger partial charge >= 0.3 is 0 Å². The fraction of sp³-hybridized carbons (Fsp3) is 0.364. The third kappa shape index (κ3) is 6.95. The number of nitrogens with zero attached hydrogens (tertiary/aromatic N) is 1. The highest BCUT2D eigenvalue weighted by atomic mass is 79.9. The molecule has 2 aromatic carbocycles. The van der Waals surface area contributed by atoms with Gasteiger partial charge < -0.3 is 10.2 Å². The minimum Gasteiger partial charge on any atom is -0.354 e. The van der Waals surface area contributed by atoms with E-state index in [1.807, 2.05) is 50.2 Å². The molecule has 1 N–H and O–H groups in total. The van der Waals surface area contributed by atoms with Crippen LogP contribution in [0.5, 0.6) is 0 Å². The first-order valence-corrected chi connectivity index (χ1v) is 10.5. The van der Waals surface area contributed by atoms with Gasteiger partial charge in [0.15, 0.2) is 0 Å². The standard InChI is InChI=1S/C22H26BrClN2O2/c1-15(2)13-25-22(28)16(3)26(14-17-7-9-19(23)10-8-17)21(27)12-18-5-4-6-20(24)11-18/h4-11,15-16H,12-14H2,1-3H3,(H,25,28). The number of benzene rings is 2. The first-order valence-electron chi connectivity index (χ1n) is 9.32. The van der Waals surface area contributed by atoms with Gasteiger partial charge in [0, 0.05) is 22.6 Å². The van der Waals surface area contributed by atoms with Crippen LogP contribution in [0.15, 0.2) is 53.0 Å². The molecule has 2 rings (SSSR count). The summed E-state index contributed by atoms with van der Waals surface area (Å²) < 4.78 is 0.968. The van der Waals surface area contributed by atoms with Crippen molar-refractivity contribution in [2.75, 3.05) is 6.54 Å². The van der Waals surface area contributed by atoms with E-state index in [-0.39, 0.29) is 18.2 Å². The molecule has 28 heavy (non-hydrogen) atoms. The van der Waals surface area contributed by atoms with Crippen molar-refractivity contribution in [3.63, 3.8) is 0 Å². The molecule has 0 bridgehead atoms. The number of amides is 2. The summed E-state index contributed by atoms with van der Waals surface area (Å²) in [7, 11) is 0. The van der Waals surface area contributed by atoms with Crippen molar-refractivity contribution in [1.29, 1.82) is 0 Å². The van der Waals surface area contributed by atoms with Gasteiger partial charge in [-0.1, -0.05) is 65.6 Å². The number of carbonyl (C=O) groups excluding carboxylic acids is 2. The van der Waals surface area contributed by atoms with E-state index in [0.29, 0.717) is 24.0 Å². The van der Waals surface area contributed by atoms with Gasteiger partial charge in [0.2, 0.25) is 11.8 Å². The van der Waals surface area contributed by atoms with Crippen LogP contribution in [-0.4, -0.2) is 29.3 Å². The molecule has 0 aromatic heterocycles. The van der Waals surface area contributed by atoms with Gasteiger partial charge in [-0.15, -0.1) is 0 Å². The molecule has 150 valence electrons. The van der Waals surface area contributed by atoms with E-state index >= 15 is 0 Å². The molecule has 4 nitrogen and oxygen atoms in total. The number of halogens is 2. The molecule has 0 spiro atoms. The number of hydrogen-bond donors (Lipinski definition) is 1. The third-order valence-corrected chi connectivity index (χ3v) is 5.13. The Bertz CT molecular complexity index is 808. The molecule has 0 aliphatic carbocycles. The Labute approximate surface area is 180 Å². The summed E-state index contributed by atoms with van der Waals surface area (Å²) in [6, 6.07) is 14.4. The summed E-state index contributed by atoms with van der Waals surface area (Å²) >= 11 is 9.46. The quantitative estimate of drug-likeness (QED) is 0.607. The van der Waals surface area contributed by atoms with Crippen molar-refractivity contribution in [2.45, 2.75) is 39.8 Å². The maximum atomic E-state index is 13.1. The van der Waals surface area contributed by atoms with Gasteiger partial charge in [-0.05, 0) is 48.2 Å². The summed E-state index contributed by atoms with van der Waals surface area (Å²) in [4.78, 5) is 27.3. The minimum absolute atomic E-state index is 0.114. The van der Waals surface area contributed by atoms with E-state index < -0.39 is 6.04 Å². The monoisotopic (exact) mass is 464 g/mol. The molecule has 0 saturated heterocycles. The van der Waals surface area contributed by atoms with Crippen LogP contribution >= 0.6 is 27.5 Å². The number of carbonyl (C=O) groups is 2. The minimum atomic E-state index is -0.575. The molecule has 0 radical (unpaired) electrons. The Kier molecular flexibility index (Phi) is 8.52. The van der Waals surface area contributed by atoms with E-state index in [2.05, 4.69) is 21.2 Å². The molecule has 0 fully saturated rings. The van der Waals surface area contributed by atoms with Gasteiger partial charge in [-0.25, -0.2) is 0 Å². The molecule has 0 aliphatic heterocycles. The maximum absolute atomic E-state index is 13.1. The lowest BCUT2D eigenvalue weighted by Crippen LogP contribution is -2.48. The normalized spacial score (nSPS) is 11.9. The van der Waals surface area contributed by atoms with E-state index in [4.69, 9.17) is 11.6 Å². The zero-order valence-electron chi connectivity index (χ0n) is 16.4. The van der Waals surface area contributed by atoms with Crippen molar-refractivity contribution < 1.29 is 9.59 Å². The van der Waals surface area contributed by atoms with Crippen molar-refractivity contribution in [3.8, 4) is 0 Å². The third-order valence-electron chi connectivity index (χ3n) is 4.36. The van der Waals surface area contributed by atoms with Gasteiger partial charge in [-0.2, -0.15) is 0 Å². The first kappa shape index (κ1) is 22.4. The van der Waals surface area contributed by atoms with Crippen LogP contribution in [-0.2, 0) is 22.6 Å². The van der Waals surface area contributed by atoms with Crippen LogP contribution in [0.25, 0.3) is 0 Å². The second kappa shape index (κ2) is 10.6. The molecule has 0 heterocycles. The largest absolute Gasteiger partial charge is 0.354 e. The lowest BCUT2D eigenvalue weighted by Gasteiger charge is -2.29. The molecule has 2 amide bonds. The summed E-state index contributed by atoms with van der Waals surface area (Å²) in [6.45, 7) is 6.79. The average molecular weight is 466 g/mol. The van der Waals surface area contributed by atoms with Crippen LogP contribution in [0.1, 0.15) is 31.9 Å². The second-order valence-corrected chi connectivity index (χ2v) is 8.62. The first-order chi connectivity index (χ1) is 13.3. The molecule has 6 heteroatoms. The molecular formula is C22H26BrClN2O2. The van der Waals surface area contributed by atoms with Crippen molar-refractivity contribution in [2.24, 2.45) is 5.92 Å². The van der Waals surface area contributed by atoms with E-state index in [1.165, 1.54) is 0 Å². The molecule has 1 unspecified atom stereocenters. The van der Waals surface area contributed by atoms with Gasteiger partial charge in [0.25, 0.3) is 0 Å².